The second kappa shape index (κ2) is 6.52. The van der Waals surface area contributed by atoms with E-state index in [0.29, 0.717) is 0 Å². The Labute approximate surface area is 147 Å². The van der Waals surface area contributed by atoms with Crippen LogP contribution in [0.25, 0.3) is 0 Å². The SMILES string of the molecule is O=S(=O)(c1cn2c(n1)CCCC2)N(c1ccsc1)C1CCCCC1. The van der Waals surface area contributed by atoms with Gasteiger partial charge in [0.1, 0.15) is 5.82 Å². The first-order chi connectivity index (χ1) is 11.7. The Morgan fingerprint density at radius 2 is 2.00 bits per heavy atom. The Morgan fingerprint density at radius 3 is 2.71 bits per heavy atom. The third-order valence-electron chi connectivity index (χ3n) is 5.08. The van der Waals surface area contributed by atoms with E-state index >= 15 is 0 Å². The number of rotatable bonds is 4. The lowest BCUT2D eigenvalue weighted by molar-refractivity contribution is 0.438. The summed E-state index contributed by atoms with van der Waals surface area (Å²) in [4.78, 5) is 4.48. The van der Waals surface area contributed by atoms with E-state index in [0.717, 1.165) is 63.0 Å². The van der Waals surface area contributed by atoms with Crippen LogP contribution in [0, 0.1) is 0 Å². The van der Waals surface area contributed by atoms with Crippen LogP contribution in [0.3, 0.4) is 0 Å². The zero-order valence-electron chi connectivity index (χ0n) is 13.7. The Morgan fingerprint density at radius 1 is 1.17 bits per heavy atom. The largest absolute Gasteiger partial charge is 0.333 e. The Bertz CT molecular complexity index is 766. The molecule has 0 N–H and O–H groups in total. The van der Waals surface area contributed by atoms with Gasteiger partial charge in [-0.2, -0.15) is 19.8 Å². The fourth-order valence-electron chi connectivity index (χ4n) is 3.86. The number of hydrogen-bond donors (Lipinski definition) is 0. The molecule has 0 bridgehead atoms. The van der Waals surface area contributed by atoms with Gasteiger partial charge in [-0.15, -0.1) is 0 Å². The van der Waals surface area contributed by atoms with Gasteiger partial charge in [0.25, 0.3) is 10.0 Å². The van der Waals surface area contributed by atoms with Crippen LogP contribution >= 0.6 is 11.3 Å². The highest BCUT2D eigenvalue weighted by Crippen LogP contribution is 2.34. The topological polar surface area (TPSA) is 55.2 Å². The van der Waals surface area contributed by atoms with Crippen LogP contribution in [-0.4, -0.2) is 24.0 Å². The molecule has 0 saturated heterocycles. The van der Waals surface area contributed by atoms with E-state index in [1.165, 1.54) is 17.8 Å². The van der Waals surface area contributed by atoms with Crippen LogP contribution in [0.5, 0.6) is 0 Å². The molecule has 0 unspecified atom stereocenters. The van der Waals surface area contributed by atoms with Crippen LogP contribution in [0.2, 0.25) is 0 Å². The van der Waals surface area contributed by atoms with Crippen molar-refractivity contribution in [1.82, 2.24) is 9.55 Å². The number of nitrogens with zero attached hydrogens (tertiary/aromatic N) is 3. The van der Waals surface area contributed by atoms with E-state index in [2.05, 4.69) is 4.98 Å². The zero-order chi connectivity index (χ0) is 16.6. The molecule has 1 saturated carbocycles. The molecule has 0 amide bonds. The molecule has 4 rings (SSSR count). The summed E-state index contributed by atoms with van der Waals surface area (Å²) >= 11 is 1.54. The first kappa shape index (κ1) is 16.1. The van der Waals surface area contributed by atoms with E-state index in [1.54, 1.807) is 10.5 Å². The third kappa shape index (κ3) is 2.88. The fraction of sp³-hybridized carbons (Fsp3) is 0.588. The Hall–Kier alpha value is -1.34. The Kier molecular flexibility index (Phi) is 4.39. The lowest BCUT2D eigenvalue weighted by Gasteiger charge is -2.33. The molecule has 7 heteroatoms. The standard InChI is InChI=1S/C17H23N3O2S2/c21-24(22,17-12-19-10-5-4-8-16(19)18-17)20(15-9-11-23-13-15)14-6-2-1-3-7-14/h9,11-14H,1-8,10H2. The predicted molar refractivity (Wildman–Crippen MR) is 96.0 cm³/mol. The van der Waals surface area contributed by atoms with E-state index < -0.39 is 10.0 Å². The summed E-state index contributed by atoms with van der Waals surface area (Å²) in [7, 11) is -3.61. The average Bonchev–Trinajstić information content (AvgIpc) is 3.25. The van der Waals surface area contributed by atoms with Gasteiger partial charge in [0.15, 0.2) is 5.03 Å². The molecule has 0 spiro atoms. The first-order valence-electron chi connectivity index (χ1n) is 8.79. The molecule has 0 aromatic carbocycles. The van der Waals surface area contributed by atoms with Gasteiger partial charge in [0, 0.05) is 30.6 Å². The molecular weight excluding hydrogens is 342 g/mol. The number of aryl methyl sites for hydroxylation is 2. The van der Waals surface area contributed by atoms with Crippen LogP contribution in [0.4, 0.5) is 5.69 Å². The summed E-state index contributed by atoms with van der Waals surface area (Å²) in [5.74, 6) is 0.911. The number of aromatic nitrogens is 2. The summed E-state index contributed by atoms with van der Waals surface area (Å²) in [5, 5.41) is 4.09. The van der Waals surface area contributed by atoms with Crippen molar-refractivity contribution in [3.8, 4) is 0 Å². The normalized spacial score (nSPS) is 19.2. The fourth-order valence-corrected chi connectivity index (χ4v) is 6.23. The molecule has 5 nitrogen and oxygen atoms in total. The monoisotopic (exact) mass is 365 g/mol. The molecule has 24 heavy (non-hydrogen) atoms. The van der Waals surface area contributed by atoms with Gasteiger partial charge in [-0.1, -0.05) is 19.3 Å². The number of fused-ring (bicyclic) bond motifs is 1. The number of imidazole rings is 1. The third-order valence-corrected chi connectivity index (χ3v) is 7.50. The van der Waals surface area contributed by atoms with Gasteiger partial charge in [0.05, 0.1) is 5.69 Å². The number of sulfonamides is 1. The van der Waals surface area contributed by atoms with Crippen molar-refractivity contribution < 1.29 is 8.42 Å². The maximum atomic E-state index is 13.4. The summed E-state index contributed by atoms with van der Waals surface area (Å²) < 4.78 is 30.5. The number of anilines is 1. The van der Waals surface area contributed by atoms with Crippen molar-refractivity contribution in [2.24, 2.45) is 0 Å². The maximum Gasteiger partial charge on any atom is 0.283 e. The van der Waals surface area contributed by atoms with Crippen molar-refractivity contribution in [2.75, 3.05) is 4.31 Å². The predicted octanol–water partition coefficient (Wildman–Crippen LogP) is 3.81. The van der Waals surface area contributed by atoms with E-state index in [-0.39, 0.29) is 11.1 Å². The van der Waals surface area contributed by atoms with Crippen molar-refractivity contribution in [2.45, 2.75) is 69.0 Å². The van der Waals surface area contributed by atoms with Gasteiger partial charge < -0.3 is 4.57 Å². The second-order valence-electron chi connectivity index (χ2n) is 6.72. The van der Waals surface area contributed by atoms with E-state index in [9.17, 15) is 8.42 Å². The van der Waals surface area contributed by atoms with Gasteiger partial charge in [-0.05, 0) is 37.1 Å². The molecule has 0 radical (unpaired) electrons. The molecule has 1 fully saturated rings. The van der Waals surface area contributed by atoms with Crippen LogP contribution in [0.1, 0.15) is 50.8 Å². The highest BCUT2D eigenvalue weighted by Gasteiger charge is 2.35. The molecule has 0 atom stereocenters. The highest BCUT2D eigenvalue weighted by atomic mass is 32.2. The number of thiophene rings is 1. The van der Waals surface area contributed by atoms with Crippen molar-refractivity contribution in [3.05, 3.63) is 28.8 Å². The van der Waals surface area contributed by atoms with Crippen LogP contribution in [0.15, 0.2) is 28.0 Å². The minimum absolute atomic E-state index is 0.0529. The molecule has 2 aromatic rings. The van der Waals surface area contributed by atoms with Crippen molar-refractivity contribution >= 4 is 27.0 Å². The molecule has 2 aromatic heterocycles. The molecule has 1 aliphatic heterocycles. The van der Waals surface area contributed by atoms with Crippen LogP contribution in [-0.2, 0) is 23.0 Å². The first-order valence-corrected chi connectivity index (χ1v) is 11.2. The van der Waals surface area contributed by atoms with Gasteiger partial charge in [0.2, 0.25) is 0 Å². The molecular formula is C17H23N3O2S2. The maximum absolute atomic E-state index is 13.4. The minimum atomic E-state index is -3.61. The number of hydrogen-bond acceptors (Lipinski definition) is 4. The van der Waals surface area contributed by atoms with E-state index in [1.807, 2.05) is 21.4 Å². The molecule has 2 aliphatic rings. The smallest absolute Gasteiger partial charge is 0.283 e. The summed E-state index contributed by atoms with van der Waals surface area (Å²) in [6, 6.07) is 1.96. The Balaban J connectivity index is 1.74. The second-order valence-corrected chi connectivity index (χ2v) is 9.26. The van der Waals surface area contributed by atoms with Gasteiger partial charge >= 0.3 is 0 Å². The summed E-state index contributed by atoms with van der Waals surface area (Å²) in [5.41, 5.74) is 0.790. The van der Waals surface area contributed by atoms with Crippen molar-refractivity contribution in [1.29, 1.82) is 0 Å². The highest BCUT2D eigenvalue weighted by molar-refractivity contribution is 7.92. The molecule has 3 heterocycles. The van der Waals surface area contributed by atoms with E-state index in [4.69, 9.17) is 0 Å². The van der Waals surface area contributed by atoms with Gasteiger partial charge in [-0.3, -0.25) is 4.31 Å². The van der Waals surface area contributed by atoms with Gasteiger partial charge in [-0.25, -0.2) is 4.98 Å². The minimum Gasteiger partial charge on any atom is -0.333 e. The lowest BCUT2D eigenvalue weighted by Crippen LogP contribution is -2.41. The average molecular weight is 366 g/mol. The van der Waals surface area contributed by atoms with Crippen LogP contribution < -0.4 is 4.31 Å². The zero-order valence-corrected chi connectivity index (χ0v) is 15.4. The summed E-state index contributed by atoms with van der Waals surface area (Å²) in [6.45, 7) is 0.875. The molecule has 130 valence electrons. The summed E-state index contributed by atoms with van der Waals surface area (Å²) in [6.07, 6.45) is 10.1. The lowest BCUT2D eigenvalue weighted by atomic mass is 9.95. The molecule has 1 aliphatic carbocycles. The van der Waals surface area contributed by atoms with Crippen molar-refractivity contribution in [3.63, 3.8) is 0 Å². The quantitative estimate of drug-likeness (QED) is 0.828.